The maximum Gasteiger partial charge on any atom is 0.295 e. The predicted molar refractivity (Wildman–Crippen MR) is 148 cm³/mol. The lowest BCUT2D eigenvalue weighted by Gasteiger charge is -2.32. The van der Waals surface area contributed by atoms with Crippen LogP contribution in [-0.4, -0.2) is 38.8 Å². The summed E-state index contributed by atoms with van der Waals surface area (Å²) in [5, 5.41) is 0.978. The van der Waals surface area contributed by atoms with Gasteiger partial charge in [-0.05, 0) is 38.0 Å². The fourth-order valence-corrected chi connectivity index (χ4v) is 7.01. The highest BCUT2D eigenvalue weighted by Crippen LogP contribution is 2.55. The third kappa shape index (κ3) is 3.75. The van der Waals surface area contributed by atoms with E-state index >= 15 is 0 Å². The van der Waals surface area contributed by atoms with E-state index < -0.39 is 4.87 Å². The molecule has 0 N–H and O–H groups in total. The SMILES string of the molecule is Cc1c(N2C(=O)CSC23C(=O)N(CCCCCCBr)c2ccccc23)c(=O)n(-c2ccccc2)n1C. The van der Waals surface area contributed by atoms with Crippen LogP contribution in [0.5, 0.6) is 0 Å². The van der Waals surface area contributed by atoms with Crippen LogP contribution in [0.3, 0.4) is 0 Å². The summed E-state index contributed by atoms with van der Waals surface area (Å²) in [6.45, 7) is 2.41. The van der Waals surface area contributed by atoms with E-state index in [2.05, 4.69) is 15.9 Å². The second-order valence-electron chi connectivity index (χ2n) is 9.15. The monoisotopic (exact) mass is 568 g/mol. The third-order valence-electron chi connectivity index (χ3n) is 7.08. The molecule has 0 bridgehead atoms. The Labute approximate surface area is 223 Å². The highest BCUT2D eigenvalue weighted by Gasteiger charge is 2.61. The molecule has 1 spiro atoms. The van der Waals surface area contributed by atoms with Crippen molar-refractivity contribution in [3.63, 3.8) is 0 Å². The van der Waals surface area contributed by atoms with Gasteiger partial charge in [-0.15, -0.1) is 11.8 Å². The number of anilines is 2. The predicted octanol–water partition coefficient (Wildman–Crippen LogP) is 4.72. The molecule has 7 nitrogen and oxygen atoms in total. The molecule has 36 heavy (non-hydrogen) atoms. The van der Waals surface area contributed by atoms with Crippen molar-refractivity contribution in [3.05, 3.63) is 76.2 Å². The number of carbonyl (C=O) groups is 2. The maximum absolute atomic E-state index is 14.2. The van der Waals surface area contributed by atoms with E-state index in [1.54, 1.807) is 16.4 Å². The second-order valence-corrected chi connectivity index (χ2v) is 11.1. The molecule has 3 heterocycles. The van der Waals surface area contributed by atoms with E-state index in [1.807, 2.05) is 66.4 Å². The van der Waals surface area contributed by atoms with Crippen molar-refractivity contribution in [2.45, 2.75) is 37.5 Å². The normalized spacial score (nSPS) is 19.1. The van der Waals surface area contributed by atoms with Gasteiger partial charge in [-0.1, -0.05) is 65.2 Å². The number of benzene rings is 2. The largest absolute Gasteiger partial charge is 0.309 e. The highest BCUT2D eigenvalue weighted by atomic mass is 79.9. The van der Waals surface area contributed by atoms with Crippen molar-refractivity contribution in [1.29, 1.82) is 0 Å². The van der Waals surface area contributed by atoms with Gasteiger partial charge in [0.05, 0.1) is 22.8 Å². The van der Waals surface area contributed by atoms with Gasteiger partial charge in [-0.25, -0.2) is 4.68 Å². The molecular weight excluding hydrogens is 540 g/mol. The average Bonchev–Trinajstić information content (AvgIpc) is 3.43. The van der Waals surface area contributed by atoms with Crippen LogP contribution in [0, 0.1) is 6.92 Å². The Bertz CT molecular complexity index is 1370. The number of unbranched alkanes of at least 4 members (excludes halogenated alkanes) is 3. The number of halogens is 1. The molecule has 2 aliphatic rings. The first-order valence-electron chi connectivity index (χ1n) is 12.2. The summed E-state index contributed by atoms with van der Waals surface area (Å²) in [4.78, 5) is 43.6. The number of nitrogens with zero attached hydrogens (tertiary/aromatic N) is 4. The Kier molecular flexibility index (Phi) is 6.87. The standard InChI is InChI=1S/C27H29BrN4O3S/c1-19-24(25(34)32(29(19)2)20-12-6-5-7-13-20)31-23(33)18-36-27(31)21-14-8-9-15-22(21)30(26(27)35)17-11-4-3-10-16-28/h5-9,12-15H,3-4,10-11,16-18H2,1-2H3. The Morgan fingerprint density at radius 1 is 0.944 bits per heavy atom. The van der Waals surface area contributed by atoms with E-state index in [1.165, 1.54) is 16.7 Å². The number of para-hydroxylation sites is 2. The topological polar surface area (TPSA) is 67.6 Å². The lowest BCUT2D eigenvalue weighted by molar-refractivity contribution is -0.123. The minimum atomic E-state index is -1.27. The lowest BCUT2D eigenvalue weighted by atomic mass is 10.0. The molecule has 1 unspecified atom stereocenters. The third-order valence-corrected chi connectivity index (χ3v) is 9.02. The molecule has 0 aliphatic carbocycles. The van der Waals surface area contributed by atoms with Gasteiger partial charge in [0, 0.05) is 24.5 Å². The number of alkyl halides is 1. The molecule has 1 saturated heterocycles. The molecular formula is C27H29BrN4O3S. The van der Waals surface area contributed by atoms with Crippen LogP contribution in [0.1, 0.15) is 36.9 Å². The number of thioether (sulfide) groups is 1. The van der Waals surface area contributed by atoms with E-state index in [9.17, 15) is 14.4 Å². The minimum Gasteiger partial charge on any atom is -0.309 e. The van der Waals surface area contributed by atoms with Crippen LogP contribution in [0.2, 0.25) is 0 Å². The van der Waals surface area contributed by atoms with Gasteiger partial charge in [0.1, 0.15) is 5.69 Å². The Balaban J connectivity index is 1.61. The van der Waals surface area contributed by atoms with E-state index in [4.69, 9.17) is 0 Å². The van der Waals surface area contributed by atoms with Crippen LogP contribution in [0.15, 0.2) is 59.4 Å². The summed E-state index contributed by atoms with van der Waals surface area (Å²) < 4.78 is 3.31. The summed E-state index contributed by atoms with van der Waals surface area (Å²) in [6.07, 6.45) is 4.11. The average molecular weight is 570 g/mol. The first-order valence-corrected chi connectivity index (χ1v) is 14.3. The van der Waals surface area contributed by atoms with Crippen LogP contribution in [0.4, 0.5) is 11.4 Å². The molecule has 1 fully saturated rings. The molecule has 1 atom stereocenters. The Morgan fingerprint density at radius 3 is 2.39 bits per heavy atom. The number of amides is 2. The highest BCUT2D eigenvalue weighted by molar-refractivity contribution is 9.09. The molecule has 2 amide bonds. The second kappa shape index (κ2) is 9.94. The van der Waals surface area contributed by atoms with E-state index in [-0.39, 0.29) is 28.8 Å². The van der Waals surface area contributed by atoms with Crippen molar-refractivity contribution >= 4 is 50.9 Å². The number of rotatable bonds is 8. The maximum atomic E-state index is 14.2. The zero-order valence-electron chi connectivity index (χ0n) is 20.4. The van der Waals surface area contributed by atoms with Crippen LogP contribution in [0.25, 0.3) is 5.69 Å². The van der Waals surface area contributed by atoms with Gasteiger partial charge in [-0.3, -0.25) is 24.0 Å². The molecule has 1 aromatic heterocycles. The minimum absolute atomic E-state index is 0.137. The fourth-order valence-electron chi connectivity index (χ4n) is 5.26. The zero-order chi connectivity index (χ0) is 25.4. The van der Waals surface area contributed by atoms with Gasteiger partial charge in [0.15, 0.2) is 0 Å². The van der Waals surface area contributed by atoms with Crippen molar-refractivity contribution < 1.29 is 9.59 Å². The number of fused-ring (bicyclic) bond motifs is 2. The Hall–Kier alpha value is -2.78. The first kappa shape index (κ1) is 24.9. The molecule has 188 valence electrons. The van der Waals surface area contributed by atoms with Crippen molar-refractivity contribution in [2.24, 2.45) is 7.05 Å². The number of hydrogen-bond donors (Lipinski definition) is 0. The van der Waals surface area contributed by atoms with Crippen LogP contribution >= 0.6 is 27.7 Å². The smallest absolute Gasteiger partial charge is 0.295 e. The summed E-state index contributed by atoms with van der Waals surface area (Å²) >= 11 is 4.79. The van der Waals surface area contributed by atoms with Crippen LogP contribution in [-0.2, 0) is 21.5 Å². The molecule has 3 aromatic rings. The lowest BCUT2D eigenvalue weighted by Crippen LogP contribution is -2.51. The van der Waals surface area contributed by atoms with E-state index in [0.29, 0.717) is 17.9 Å². The van der Waals surface area contributed by atoms with Gasteiger partial charge in [0.2, 0.25) is 10.8 Å². The van der Waals surface area contributed by atoms with Crippen molar-refractivity contribution in [3.8, 4) is 5.69 Å². The zero-order valence-corrected chi connectivity index (χ0v) is 22.8. The number of aromatic nitrogens is 2. The molecule has 2 aliphatic heterocycles. The first-order chi connectivity index (χ1) is 17.4. The molecule has 0 radical (unpaired) electrons. The summed E-state index contributed by atoms with van der Waals surface area (Å²) in [7, 11) is 1.80. The number of carbonyl (C=O) groups excluding carboxylic acids is 2. The summed E-state index contributed by atoms with van der Waals surface area (Å²) in [6, 6.07) is 17.0. The van der Waals surface area contributed by atoms with Crippen LogP contribution < -0.4 is 15.4 Å². The molecule has 2 aromatic carbocycles. The van der Waals surface area contributed by atoms with Gasteiger partial charge in [0.25, 0.3) is 11.5 Å². The quantitative estimate of drug-likeness (QED) is 0.291. The molecule has 5 rings (SSSR count). The van der Waals surface area contributed by atoms with Gasteiger partial charge < -0.3 is 4.90 Å². The van der Waals surface area contributed by atoms with Crippen molar-refractivity contribution in [1.82, 2.24) is 9.36 Å². The van der Waals surface area contributed by atoms with Gasteiger partial charge >= 0.3 is 0 Å². The number of hydrogen-bond acceptors (Lipinski definition) is 4. The van der Waals surface area contributed by atoms with E-state index in [0.717, 1.165) is 42.3 Å². The van der Waals surface area contributed by atoms with Gasteiger partial charge in [-0.2, -0.15) is 0 Å². The molecule has 0 saturated carbocycles. The van der Waals surface area contributed by atoms with Crippen molar-refractivity contribution in [2.75, 3.05) is 27.4 Å². The summed E-state index contributed by atoms with van der Waals surface area (Å²) in [5.41, 5.74) is 2.90. The Morgan fingerprint density at radius 2 is 1.64 bits per heavy atom. The fraction of sp³-hybridized carbons (Fsp3) is 0.370. The molecule has 9 heteroatoms. The summed E-state index contributed by atoms with van der Waals surface area (Å²) in [5.74, 6) is -0.236.